The number of aliphatic imine (C=N–C) groups is 2. The lowest BCUT2D eigenvalue weighted by molar-refractivity contribution is 0.907. The molecule has 0 fully saturated rings. The number of hydrogen-bond donors (Lipinski definition) is 1. The van der Waals surface area contributed by atoms with Crippen LogP contribution in [0, 0.1) is 0 Å². The zero-order valence-electron chi connectivity index (χ0n) is 26.3. The fourth-order valence-corrected chi connectivity index (χ4v) is 7.19. The molecule has 0 unspecified atom stereocenters. The average molecular weight is 614 g/mol. The highest BCUT2D eigenvalue weighted by Gasteiger charge is 2.19. The Morgan fingerprint density at radius 3 is 1.40 bits per heavy atom. The number of amidine groups is 2. The normalized spacial score (nSPS) is 12.9. The van der Waals surface area contributed by atoms with Gasteiger partial charge in [0.25, 0.3) is 0 Å². The molecular formula is C45H31N3. The van der Waals surface area contributed by atoms with Crippen molar-refractivity contribution in [3.8, 4) is 33.4 Å². The highest BCUT2D eigenvalue weighted by atomic mass is 15.2. The number of nitrogens with zero attached hydrogens (tertiary/aromatic N) is 2. The summed E-state index contributed by atoms with van der Waals surface area (Å²) in [4.78, 5) is 9.83. The fraction of sp³-hybridized carbons (Fsp3) is 0.0222. The van der Waals surface area contributed by atoms with Crippen LogP contribution in [0.4, 0.5) is 0 Å². The first kappa shape index (κ1) is 27.9. The number of benzene rings is 8. The lowest BCUT2D eigenvalue weighted by Gasteiger charge is -2.19. The lowest BCUT2D eigenvalue weighted by Crippen LogP contribution is -2.30. The van der Waals surface area contributed by atoms with Crippen LogP contribution in [0.25, 0.3) is 65.7 Å². The van der Waals surface area contributed by atoms with Crippen LogP contribution in [0.3, 0.4) is 0 Å². The fourth-order valence-electron chi connectivity index (χ4n) is 7.19. The predicted molar refractivity (Wildman–Crippen MR) is 203 cm³/mol. The van der Waals surface area contributed by atoms with E-state index >= 15 is 0 Å². The SMILES string of the molecule is c1ccc(C2=NC(c3ccccc3-c3ccccc3-c3ccccc3-c3ccc4c5ccccc5c5ccccc5c4c3)=NCN2)cc1. The summed E-state index contributed by atoms with van der Waals surface area (Å²) in [5.74, 6) is 1.57. The van der Waals surface area contributed by atoms with Gasteiger partial charge in [-0.25, -0.2) is 9.98 Å². The first-order chi connectivity index (χ1) is 23.8. The molecule has 0 saturated carbocycles. The van der Waals surface area contributed by atoms with Crippen LogP contribution in [0.2, 0.25) is 0 Å². The Bertz CT molecular complexity index is 2530. The van der Waals surface area contributed by atoms with Crippen molar-refractivity contribution >= 4 is 44.0 Å². The molecule has 0 amide bonds. The van der Waals surface area contributed by atoms with E-state index < -0.39 is 0 Å². The van der Waals surface area contributed by atoms with Crippen LogP contribution >= 0.6 is 0 Å². The average Bonchev–Trinajstić information content (AvgIpc) is 3.18. The van der Waals surface area contributed by atoms with Crippen molar-refractivity contribution in [2.24, 2.45) is 9.98 Å². The van der Waals surface area contributed by atoms with Gasteiger partial charge in [0.05, 0.1) is 0 Å². The quantitative estimate of drug-likeness (QED) is 0.193. The zero-order chi connectivity index (χ0) is 31.9. The Kier molecular flexibility index (Phi) is 6.87. The molecule has 0 bridgehead atoms. The summed E-state index contributed by atoms with van der Waals surface area (Å²) >= 11 is 0. The highest BCUT2D eigenvalue weighted by Crippen LogP contribution is 2.42. The molecule has 1 aliphatic heterocycles. The summed E-state index contributed by atoms with van der Waals surface area (Å²) in [5.41, 5.74) is 9.07. The van der Waals surface area contributed by atoms with Crippen molar-refractivity contribution in [3.63, 3.8) is 0 Å². The van der Waals surface area contributed by atoms with E-state index in [1.54, 1.807) is 0 Å². The molecule has 1 aliphatic rings. The van der Waals surface area contributed by atoms with Crippen molar-refractivity contribution in [2.75, 3.05) is 6.67 Å². The van der Waals surface area contributed by atoms with Crippen molar-refractivity contribution < 1.29 is 0 Å². The molecule has 8 aromatic rings. The van der Waals surface area contributed by atoms with Crippen LogP contribution in [-0.4, -0.2) is 18.3 Å². The third kappa shape index (κ3) is 4.76. The maximum atomic E-state index is 5.01. The molecule has 3 heteroatoms. The molecule has 48 heavy (non-hydrogen) atoms. The minimum Gasteiger partial charge on any atom is -0.350 e. The smallest absolute Gasteiger partial charge is 0.159 e. The van der Waals surface area contributed by atoms with Gasteiger partial charge in [0.1, 0.15) is 12.5 Å². The van der Waals surface area contributed by atoms with Crippen molar-refractivity contribution in [1.82, 2.24) is 5.32 Å². The van der Waals surface area contributed by atoms with E-state index in [2.05, 4.69) is 157 Å². The van der Waals surface area contributed by atoms with Gasteiger partial charge in [-0.2, -0.15) is 0 Å². The van der Waals surface area contributed by atoms with E-state index in [1.807, 2.05) is 18.2 Å². The monoisotopic (exact) mass is 613 g/mol. The third-order valence-electron chi connectivity index (χ3n) is 9.40. The van der Waals surface area contributed by atoms with E-state index in [4.69, 9.17) is 9.98 Å². The molecule has 8 aromatic carbocycles. The summed E-state index contributed by atoms with van der Waals surface area (Å²) in [5, 5.41) is 11.0. The van der Waals surface area contributed by atoms with Gasteiger partial charge in [-0.1, -0.05) is 164 Å². The zero-order valence-corrected chi connectivity index (χ0v) is 26.3. The van der Waals surface area contributed by atoms with Crippen LogP contribution < -0.4 is 5.32 Å². The van der Waals surface area contributed by atoms with Gasteiger partial charge in [0, 0.05) is 11.1 Å². The van der Waals surface area contributed by atoms with Gasteiger partial charge >= 0.3 is 0 Å². The standard InChI is InChI=1S/C45H31N3/c1-2-14-30(15-3-1)44-46-29-47-45(48-44)42-25-13-12-23-39(42)36-20-8-6-18-34(36)33-17-5-4-16-32(33)31-26-27-41-38-22-9-7-19-35(38)37-21-10-11-24-40(37)43(41)28-31/h1-28H,29H2,(H,46,47,48). The van der Waals surface area contributed by atoms with Crippen molar-refractivity contribution in [2.45, 2.75) is 0 Å². The van der Waals surface area contributed by atoms with Crippen LogP contribution in [0.5, 0.6) is 0 Å². The van der Waals surface area contributed by atoms with E-state index in [9.17, 15) is 0 Å². The molecule has 3 nitrogen and oxygen atoms in total. The minimum absolute atomic E-state index is 0.480. The molecule has 0 spiro atoms. The number of rotatable bonds is 5. The summed E-state index contributed by atoms with van der Waals surface area (Å²) in [6.45, 7) is 0.480. The van der Waals surface area contributed by atoms with E-state index in [1.165, 1.54) is 54.6 Å². The Labute approximate surface area is 279 Å². The maximum absolute atomic E-state index is 5.01. The summed E-state index contributed by atoms with van der Waals surface area (Å²) < 4.78 is 0. The number of fused-ring (bicyclic) bond motifs is 6. The Hall–Kier alpha value is -6.32. The second-order valence-electron chi connectivity index (χ2n) is 12.1. The Morgan fingerprint density at radius 1 is 0.354 bits per heavy atom. The molecule has 0 aromatic heterocycles. The van der Waals surface area contributed by atoms with Gasteiger partial charge in [-0.05, 0) is 71.8 Å². The summed E-state index contributed by atoms with van der Waals surface area (Å²) in [6.07, 6.45) is 0. The van der Waals surface area contributed by atoms with E-state index in [0.29, 0.717) is 6.67 Å². The van der Waals surface area contributed by atoms with Crippen LogP contribution in [0.1, 0.15) is 11.1 Å². The van der Waals surface area contributed by atoms with Gasteiger partial charge in [0.2, 0.25) is 0 Å². The largest absolute Gasteiger partial charge is 0.350 e. The maximum Gasteiger partial charge on any atom is 0.159 e. The third-order valence-corrected chi connectivity index (χ3v) is 9.40. The number of hydrogen-bond acceptors (Lipinski definition) is 3. The second-order valence-corrected chi connectivity index (χ2v) is 12.1. The van der Waals surface area contributed by atoms with E-state index in [0.717, 1.165) is 33.9 Å². The van der Waals surface area contributed by atoms with Crippen LogP contribution in [0.15, 0.2) is 180 Å². The molecule has 9 rings (SSSR count). The minimum atomic E-state index is 0.480. The van der Waals surface area contributed by atoms with Gasteiger partial charge in [-0.3, -0.25) is 0 Å². The Balaban J connectivity index is 1.20. The molecule has 0 atom stereocenters. The highest BCUT2D eigenvalue weighted by molar-refractivity contribution is 6.26. The first-order valence-electron chi connectivity index (χ1n) is 16.4. The van der Waals surface area contributed by atoms with Crippen molar-refractivity contribution in [1.29, 1.82) is 0 Å². The second kappa shape index (κ2) is 11.8. The number of nitrogens with one attached hydrogen (secondary N) is 1. The lowest BCUT2D eigenvalue weighted by atomic mass is 9.86. The topological polar surface area (TPSA) is 36.8 Å². The molecular weight excluding hydrogens is 583 g/mol. The summed E-state index contributed by atoms with van der Waals surface area (Å²) in [6, 6.07) is 60.7. The molecule has 0 radical (unpaired) electrons. The van der Waals surface area contributed by atoms with Gasteiger partial charge in [-0.15, -0.1) is 0 Å². The molecule has 0 saturated heterocycles. The Morgan fingerprint density at radius 2 is 0.792 bits per heavy atom. The van der Waals surface area contributed by atoms with E-state index in [-0.39, 0.29) is 0 Å². The van der Waals surface area contributed by atoms with Crippen molar-refractivity contribution in [3.05, 3.63) is 181 Å². The molecule has 0 aliphatic carbocycles. The van der Waals surface area contributed by atoms with Crippen LogP contribution in [-0.2, 0) is 0 Å². The summed E-state index contributed by atoms with van der Waals surface area (Å²) in [7, 11) is 0. The predicted octanol–water partition coefficient (Wildman–Crippen LogP) is 10.9. The van der Waals surface area contributed by atoms with Gasteiger partial charge in [0.15, 0.2) is 5.84 Å². The van der Waals surface area contributed by atoms with Gasteiger partial charge < -0.3 is 5.32 Å². The molecule has 226 valence electrons. The first-order valence-corrected chi connectivity index (χ1v) is 16.4. The molecule has 1 heterocycles. The molecule has 1 N–H and O–H groups in total.